The third kappa shape index (κ3) is 3.15. The number of hydrogen-bond donors (Lipinski definition) is 1. The Bertz CT molecular complexity index is 693. The average molecular weight is 312 g/mol. The van der Waals surface area contributed by atoms with Crippen molar-refractivity contribution in [2.24, 2.45) is 0 Å². The molecular weight excluding hydrogens is 288 g/mol. The lowest BCUT2D eigenvalue weighted by Gasteiger charge is -2.34. The maximum Gasteiger partial charge on any atom is 0.227 e. The van der Waals surface area contributed by atoms with Crippen molar-refractivity contribution < 1.29 is 4.79 Å². The molecule has 2 heterocycles. The highest BCUT2D eigenvalue weighted by molar-refractivity contribution is 5.79. The van der Waals surface area contributed by atoms with Crippen LogP contribution < -0.4 is 5.32 Å². The Kier molecular flexibility index (Phi) is 4.48. The molecule has 1 aliphatic heterocycles. The van der Waals surface area contributed by atoms with Crippen LogP contribution in [0.1, 0.15) is 23.9 Å². The first-order chi connectivity index (χ1) is 11.1. The van der Waals surface area contributed by atoms with Crippen LogP contribution in [0, 0.1) is 13.8 Å². The number of aryl methyl sites for hydroxylation is 1. The summed E-state index contributed by atoms with van der Waals surface area (Å²) in [5.41, 5.74) is 4.05. The summed E-state index contributed by atoms with van der Waals surface area (Å²) < 4.78 is 1.93. The zero-order valence-electron chi connectivity index (χ0n) is 14.0. The first-order valence-corrected chi connectivity index (χ1v) is 8.18. The Morgan fingerprint density at radius 2 is 2.04 bits per heavy atom. The predicted octanol–water partition coefficient (Wildman–Crippen LogP) is 1.85. The number of nitrogens with one attached hydrogen (secondary N) is 1. The lowest BCUT2D eigenvalue weighted by Crippen LogP contribution is -2.52. The minimum absolute atomic E-state index is 0.192. The lowest BCUT2D eigenvalue weighted by atomic mass is 10.1. The van der Waals surface area contributed by atoms with Gasteiger partial charge in [0, 0.05) is 36.9 Å². The third-order valence-corrected chi connectivity index (χ3v) is 4.59. The molecule has 1 aromatic heterocycles. The van der Waals surface area contributed by atoms with E-state index in [9.17, 15) is 4.79 Å². The molecule has 1 amide bonds. The molecule has 122 valence electrons. The van der Waals surface area contributed by atoms with Crippen LogP contribution in [0.15, 0.2) is 30.3 Å². The fourth-order valence-electron chi connectivity index (χ4n) is 3.22. The van der Waals surface area contributed by atoms with Crippen molar-refractivity contribution in [2.45, 2.75) is 33.2 Å². The molecule has 0 radical (unpaired) electrons. The summed E-state index contributed by atoms with van der Waals surface area (Å²) in [7, 11) is 0. The number of amides is 1. The normalized spacial score (nSPS) is 18.2. The molecule has 0 saturated carbocycles. The molecule has 1 aromatic carbocycles. The molecule has 2 aromatic rings. The van der Waals surface area contributed by atoms with Gasteiger partial charge in [0.25, 0.3) is 0 Å². The standard InChI is InChI=1S/C18H24N4O/c1-13-12-19-9-10-21(13)18(23)11-17-14(2)20-22(15(17)3)16-7-5-4-6-8-16/h4-8,13,19H,9-12H2,1-3H3. The van der Waals surface area contributed by atoms with E-state index in [0.717, 1.165) is 42.3 Å². The fraction of sp³-hybridized carbons (Fsp3) is 0.444. The van der Waals surface area contributed by atoms with Crippen molar-refractivity contribution in [1.29, 1.82) is 0 Å². The van der Waals surface area contributed by atoms with Gasteiger partial charge in [-0.3, -0.25) is 4.79 Å². The second-order valence-electron chi connectivity index (χ2n) is 6.21. The maximum absolute atomic E-state index is 12.7. The van der Waals surface area contributed by atoms with Crippen LogP contribution in [-0.2, 0) is 11.2 Å². The molecule has 1 atom stereocenters. The Morgan fingerprint density at radius 1 is 1.30 bits per heavy atom. The van der Waals surface area contributed by atoms with Crippen molar-refractivity contribution in [1.82, 2.24) is 20.0 Å². The van der Waals surface area contributed by atoms with Gasteiger partial charge in [-0.15, -0.1) is 0 Å². The molecule has 0 bridgehead atoms. The van der Waals surface area contributed by atoms with Gasteiger partial charge in [0.2, 0.25) is 5.91 Å². The van der Waals surface area contributed by atoms with Crippen molar-refractivity contribution in [3.05, 3.63) is 47.3 Å². The van der Waals surface area contributed by atoms with Crippen LogP contribution in [0.5, 0.6) is 0 Å². The second kappa shape index (κ2) is 6.54. The monoisotopic (exact) mass is 312 g/mol. The largest absolute Gasteiger partial charge is 0.337 e. The van der Waals surface area contributed by atoms with E-state index in [1.807, 2.05) is 53.8 Å². The highest BCUT2D eigenvalue weighted by Crippen LogP contribution is 2.19. The Morgan fingerprint density at radius 3 is 2.74 bits per heavy atom. The smallest absolute Gasteiger partial charge is 0.227 e. The summed E-state index contributed by atoms with van der Waals surface area (Å²) in [5.74, 6) is 0.192. The van der Waals surface area contributed by atoms with E-state index in [4.69, 9.17) is 0 Å². The third-order valence-electron chi connectivity index (χ3n) is 4.59. The molecule has 0 spiro atoms. The summed E-state index contributed by atoms with van der Waals surface area (Å²) in [6.07, 6.45) is 0.425. The SMILES string of the molecule is Cc1nn(-c2ccccc2)c(C)c1CC(=O)N1CCNCC1C. The molecular formula is C18H24N4O. The van der Waals surface area contributed by atoms with Crippen molar-refractivity contribution in [3.63, 3.8) is 0 Å². The summed E-state index contributed by atoms with van der Waals surface area (Å²) in [6.45, 7) is 8.64. The van der Waals surface area contributed by atoms with Gasteiger partial charge in [0.1, 0.15) is 0 Å². The number of piperazine rings is 1. The van der Waals surface area contributed by atoms with Gasteiger partial charge in [-0.25, -0.2) is 4.68 Å². The van der Waals surface area contributed by atoms with Crippen molar-refractivity contribution in [2.75, 3.05) is 19.6 Å². The van der Waals surface area contributed by atoms with Gasteiger partial charge in [-0.1, -0.05) is 18.2 Å². The summed E-state index contributed by atoms with van der Waals surface area (Å²) in [5, 5.41) is 7.95. The van der Waals surface area contributed by atoms with E-state index in [2.05, 4.69) is 17.3 Å². The van der Waals surface area contributed by atoms with E-state index < -0.39 is 0 Å². The topological polar surface area (TPSA) is 50.2 Å². The van der Waals surface area contributed by atoms with Crippen molar-refractivity contribution in [3.8, 4) is 5.69 Å². The summed E-state index contributed by atoms with van der Waals surface area (Å²) in [6, 6.07) is 10.3. The predicted molar refractivity (Wildman–Crippen MR) is 90.8 cm³/mol. The van der Waals surface area contributed by atoms with E-state index in [1.54, 1.807) is 0 Å². The quantitative estimate of drug-likeness (QED) is 0.941. The van der Waals surface area contributed by atoms with Gasteiger partial charge in [-0.05, 0) is 32.9 Å². The maximum atomic E-state index is 12.7. The number of carbonyl (C=O) groups excluding carboxylic acids is 1. The zero-order valence-corrected chi connectivity index (χ0v) is 14.0. The molecule has 5 nitrogen and oxygen atoms in total. The molecule has 23 heavy (non-hydrogen) atoms. The molecule has 1 aliphatic rings. The zero-order chi connectivity index (χ0) is 16.4. The van der Waals surface area contributed by atoms with Crippen LogP contribution in [-0.4, -0.2) is 46.3 Å². The first-order valence-electron chi connectivity index (χ1n) is 8.18. The van der Waals surface area contributed by atoms with Gasteiger partial charge in [0.05, 0.1) is 17.8 Å². The summed E-state index contributed by atoms with van der Waals surface area (Å²) >= 11 is 0. The minimum Gasteiger partial charge on any atom is -0.337 e. The highest BCUT2D eigenvalue weighted by Gasteiger charge is 2.25. The van der Waals surface area contributed by atoms with E-state index in [-0.39, 0.29) is 11.9 Å². The number of hydrogen-bond acceptors (Lipinski definition) is 3. The molecule has 1 saturated heterocycles. The number of nitrogens with zero attached hydrogens (tertiary/aromatic N) is 3. The van der Waals surface area contributed by atoms with Crippen LogP contribution in [0.2, 0.25) is 0 Å². The highest BCUT2D eigenvalue weighted by atomic mass is 16.2. The van der Waals surface area contributed by atoms with Gasteiger partial charge >= 0.3 is 0 Å². The van der Waals surface area contributed by atoms with E-state index in [0.29, 0.717) is 6.42 Å². The van der Waals surface area contributed by atoms with E-state index in [1.165, 1.54) is 0 Å². The molecule has 5 heteroatoms. The minimum atomic E-state index is 0.192. The van der Waals surface area contributed by atoms with Crippen LogP contribution in [0.3, 0.4) is 0 Å². The molecule has 1 fully saturated rings. The number of para-hydroxylation sites is 1. The Hall–Kier alpha value is -2.14. The molecule has 0 aliphatic carbocycles. The molecule has 1 N–H and O–H groups in total. The lowest BCUT2D eigenvalue weighted by molar-refractivity contribution is -0.133. The number of rotatable bonds is 3. The first kappa shape index (κ1) is 15.7. The fourth-order valence-corrected chi connectivity index (χ4v) is 3.22. The molecule has 3 rings (SSSR count). The van der Waals surface area contributed by atoms with Crippen molar-refractivity contribution >= 4 is 5.91 Å². The number of benzene rings is 1. The van der Waals surface area contributed by atoms with Gasteiger partial charge < -0.3 is 10.2 Å². The van der Waals surface area contributed by atoms with Crippen LogP contribution in [0.4, 0.5) is 0 Å². The number of aromatic nitrogens is 2. The van der Waals surface area contributed by atoms with Crippen LogP contribution >= 0.6 is 0 Å². The second-order valence-corrected chi connectivity index (χ2v) is 6.21. The summed E-state index contributed by atoms with van der Waals surface area (Å²) in [4.78, 5) is 14.7. The Labute approximate surface area is 137 Å². The average Bonchev–Trinajstić information content (AvgIpc) is 2.84. The number of carbonyl (C=O) groups is 1. The molecule has 1 unspecified atom stereocenters. The van der Waals surface area contributed by atoms with Gasteiger partial charge in [0.15, 0.2) is 0 Å². The Balaban J connectivity index is 1.83. The van der Waals surface area contributed by atoms with E-state index >= 15 is 0 Å². The van der Waals surface area contributed by atoms with Crippen LogP contribution in [0.25, 0.3) is 5.69 Å². The van der Waals surface area contributed by atoms with Gasteiger partial charge in [-0.2, -0.15) is 5.10 Å².